The van der Waals surface area contributed by atoms with Crippen molar-refractivity contribution in [1.82, 2.24) is 4.90 Å². The number of rotatable bonds is 3. The van der Waals surface area contributed by atoms with Crippen LogP contribution in [0.15, 0.2) is 48.5 Å². The van der Waals surface area contributed by atoms with Gasteiger partial charge in [0.05, 0.1) is 5.56 Å². The molecule has 1 fully saturated rings. The molecule has 1 aliphatic heterocycles. The van der Waals surface area contributed by atoms with Crippen molar-refractivity contribution in [2.24, 2.45) is 0 Å². The van der Waals surface area contributed by atoms with Gasteiger partial charge in [0.2, 0.25) is 0 Å². The van der Waals surface area contributed by atoms with Crippen LogP contribution in [0.4, 0.5) is 13.2 Å². The third-order valence-electron chi connectivity index (χ3n) is 4.96. The van der Waals surface area contributed by atoms with Gasteiger partial charge in [-0.2, -0.15) is 13.2 Å². The van der Waals surface area contributed by atoms with E-state index in [4.69, 9.17) is 5.11 Å². The van der Waals surface area contributed by atoms with Crippen molar-refractivity contribution in [3.05, 3.63) is 59.7 Å². The first kappa shape index (κ1) is 19.9. The highest BCUT2D eigenvalue weighted by Gasteiger charge is 2.40. The zero-order valence-electron chi connectivity index (χ0n) is 14.7. The van der Waals surface area contributed by atoms with Crippen molar-refractivity contribution in [1.29, 1.82) is 0 Å². The monoisotopic (exact) mass is 393 g/mol. The number of carbonyl (C=O) groups excluding carboxylic acids is 1. The number of alkyl halides is 3. The molecule has 1 heterocycles. The Morgan fingerprint density at radius 3 is 2.07 bits per heavy atom. The summed E-state index contributed by atoms with van der Waals surface area (Å²) in [5, 5.41) is 19.1. The molecule has 0 saturated carbocycles. The molecule has 1 aliphatic rings. The Morgan fingerprint density at radius 2 is 1.54 bits per heavy atom. The summed E-state index contributed by atoms with van der Waals surface area (Å²) in [5.74, 6) is -1.67. The fourth-order valence-corrected chi connectivity index (χ4v) is 3.22. The molecule has 2 aromatic rings. The van der Waals surface area contributed by atoms with Crippen LogP contribution in [0.1, 0.15) is 28.8 Å². The van der Waals surface area contributed by atoms with E-state index in [9.17, 15) is 27.9 Å². The summed E-state index contributed by atoms with van der Waals surface area (Å²) >= 11 is 0. The normalized spacial score (nSPS) is 16.6. The van der Waals surface area contributed by atoms with Crippen LogP contribution in [-0.4, -0.2) is 45.7 Å². The smallest absolute Gasteiger partial charge is 0.416 e. The quantitative estimate of drug-likeness (QED) is 0.838. The first-order valence-electron chi connectivity index (χ1n) is 8.63. The number of carbonyl (C=O) groups is 2. The van der Waals surface area contributed by atoms with E-state index in [0.717, 1.165) is 12.1 Å². The minimum Gasteiger partial charge on any atom is -0.479 e. The van der Waals surface area contributed by atoms with Crippen LogP contribution in [0, 0.1) is 0 Å². The van der Waals surface area contributed by atoms with Crippen molar-refractivity contribution < 1.29 is 33.0 Å². The Kier molecular flexibility index (Phi) is 5.16. The second-order valence-corrected chi connectivity index (χ2v) is 6.75. The summed E-state index contributed by atoms with van der Waals surface area (Å²) in [7, 11) is 0. The first-order chi connectivity index (χ1) is 13.1. The van der Waals surface area contributed by atoms with Gasteiger partial charge in [0.25, 0.3) is 5.91 Å². The SMILES string of the molecule is O=C(c1ccccc1-c1ccc(C(F)(F)F)cc1)N1CCC(O)(C(=O)O)CC1. The maximum Gasteiger partial charge on any atom is 0.416 e. The first-order valence-corrected chi connectivity index (χ1v) is 8.63. The van der Waals surface area contributed by atoms with E-state index in [1.165, 1.54) is 17.0 Å². The van der Waals surface area contributed by atoms with Crippen LogP contribution in [0.25, 0.3) is 11.1 Å². The number of nitrogens with zero attached hydrogens (tertiary/aromatic N) is 1. The highest BCUT2D eigenvalue weighted by atomic mass is 19.4. The zero-order chi connectivity index (χ0) is 20.5. The highest BCUT2D eigenvalue weighted by Crippen LogP contribution is 2.32. The van der Waals surface area contributed by atoms with Crippen LogP contribution in [-0.2, 0) is 11.0 Å². The van der Waals surface area contributed by atoms with E-state index in [1.807, 2.05) is 0 Å². The molecule has 0 spiro atoms. The van der Waals surface area contributed by atoms with Crippen molar-refractivity contribution in [3.8, 4) is 11.1 Å². The number of aliphatic hydroxyl groups is 1. The van der Waals surface area contributed by atoms with E-state index in [0.29, 0.717) is 16.7 Å². The maximum atomic E-state index is 12.9. The Morgan fingerprint density at radius 1 is 0.964 bits per heavy atom. The lowest BCUT2D eigenvalue weighted by atomic mass is 9.90. The number of piperidine rings is 1. The zero-order valence-corrected chi connectivity index (χ0v) is 14.7. The number of halogens is 3. The number of hydrogen-bond acceptors (Lipinski definition) is 3. The van der Waals surface area contributed by atoms with E-state index in [2.05, 4.69) is 0 Å². The number of carboxylic acid groups (broad SMARTS) is 1. The van der Waals surface area contributed by atoms with E-state index < -0.39 is 23.3 Å². The molecule has 1 saturated heterocycles. The molecule has 2 aromatic carbocycles. The number of amides is 1. The topological polar surface area (TPSA) is 77.8 Å². The van der Waals surface area contributed by atoms with Crippen LogP contribution in [0.5, 0.6) is 0 Å². The van der Waals surface area contributed by atoms with Gasteiger partial charge >= 0.3 is 12.1 Å². The molecule has 0 atom stereocenters. The van der Waals surface area contributed by atoms with Gasteiger partial charge in [0, 0.05) is 31.5 Å². The number of benzene rings is 2. The maximum absolute atomic E-state index is 12.9. The molecule has 1 amide bonds. The van der Waals surface area contributed by atoms with Gasteiger partial charge in [-0.25, -0.2) is 4.79 Å². The number of carboxylic acids is 1. The van der Waals surface area contributed by atoms with Gasteiger partial charge in [-0.05, 0) is 29.3 Å². The van der Waals surface area contributed by atoms with Crippen LogP contribution >= 0.6 is 0 Å². The second-order valence-electron chi connectivity index (χ2n) is 6.75. The van der Waals surface area contributed by atoms with E-state index in [1.54, 1.807) is 24.3 Å². The van der Waals surface area contributed by atoms with Gasteiger partial charge in [0.1, 0.15) is 0 Å². The molecule has 0 bridgehead atoms. The summed E-state index contributed by atoms with van der Waals surface area (Å²) in [6.45, 7) is 0.145. The molecule has 5 nitrogen and oxygen atoms in total. The molecular weight excluding hydrogens is 375 g/mol. The lowest BCUT2D eigenvalue weighted by Gasteiger charge is -2.35. The molecule has 28 heavy (non-hydrogen) atoms. The average Bonchev–Trinajstić information content (AvgIpc) is 2.67. The predicted molar refractivity (Wildman–Crippen MR) is 94.6 cm³/mol. The largest absolute Gasteiger partial charge is 0.479 e. The van der Waals surface area contributed by atoms with E-state index in [-0.39, 0.29) is 31.8 Å². The molecule has 8 heteroatoms. The molecule has 0 aromatic heterocycles. The van der Waals surface area contributed by atoms with Crippen molar-refractivity contribution in [3.63, 3.8) is 0 Å². The summed E-state index contributed by atoms with van der Waals surface area (Å²) in [5.41, 5.74) is -1.35. The van der Waals surface area contributed by atoms with Crippen LogP contribution in [0.2, 0.25) is 0 Å². The van der Waals surface area contributed by atoms with Gasteiger partial charge in [-0.15, -0.1) is 0 Å². The molecule has 3 rings (SSSR count). The van der Waals surface area contributed by atoms with Crippen molar-refractivity contribution in [2.75, 3.05) is 13.1 Å². The fourth-order valence-electron chi connectivity index (χ4n) is 3.22. The predicted octanol–water partition coefficient (Wildman–Crippen LogP) is 3.42. The van der Waals surface area contributed by atoms with E-state index >= 15 is 0 Å². The standard InChI is InChI=1S/C20H18F3NO4/c21-20(22,23)14-7-5-13(6-8-14)15-3-1-2-4-16(15)17(25)24-11-9-19(28,10-12-24)18(26)27/h1-8,28H,9-12H2,(H,26,27). The Labute approximate surface area is 159 Å². The van der Waals surface area contributed by atoms with Gasteiger partial charge in [-0.3, -0.25) is 4.79 Å². The van der Waals surface area contributed by atoms with Crippen molar-refractivity contribution >= 4 is 11.9 Å². The van der Waals surface area contributed by atoms with Gasteiger partial charge in [-0.1, -0.05) is 30.3 Å². The highest BCUT2D eigenvalue weighted by molar-refractivity contribution is 6.01. The third-order valence-corrected chi connectivity index (χ3v) is 4.96. The third kappa shape index (κ3) is 3.87. The van der Waals surface area contributed by atoms with Crippen LogP contribution < -0.4 is 0 Å². The number of aliphatic carboxylic acids is 1. The molecule has 0 unspecified atom stereocenters. The summed E-state index contributed by atoms with van der Waals surface area (Å²) < 4.78 is 38.3. The summed E-state index contributed by atoms with van der Waals surface area (Å²) in [6.07, 6.45) is -4.62. The van der Waals surface area contributed by atoms with Gasteiger partial charge < -0.3 is 15.1 Å². The summed E-state index contributed by atoms with van der Waals surface area (Å²) in [6, 6.07) is 11.1. The Bertz CT molecular complexity index is 885. The lowest BCUT2D eigenvalue weighted by Crippen LogP contribution is -2.50. The lowest BCUT2D eigenvalue weighted by molar-refractivity contribution is -0.162. The molecule has 148 valence electrons. The fraction of sp³-hybridized carbons (Fsp3) is 0.300. The van der Waals surface area contributed by atoms with Gasteiger partial charge in [0.15, 0.2) is 5.60 Å². The van der Waals surface area contributed by atoms with Crippen molar-refractivity contribution in [2.45, 2.75) is 24.6 Å². The molecule has 2 N–H and O–H groups in total. The minimum atomic E-state index is -4.44. The number of likely N-dealkylation sites (tertiary alicyclic amines) is 1. The molecular formula is C20H18F3NO4. The molecule has 0 aliphatic carbocycles. The average molecular weight is 393 g/mol. The number of hydrogen-bond donors (Lipinski definition) is 2. The summed E-state index contributed by atoms with van der Waals surface area (Å²) in [4.78, 5) is 25.5. The second kappa shape index (κ2) is 7.27. The minimum absolute atomic E-state index is 0.0724. The molecule has 0 radical (unpaired) electrons. The van der Waals surface area contributed by atoms with Crippen LogP contribution in [0.3, 0.4) is 0 Å². The Hall–Kier alpha value is -2.87. The Balaban J connectivity index is 1.85.